The minimum absolute atomic E-state index is 0.0472. The van der Waals surface area contributed by atoms with E-state index in [2.05, 4.69) is 30.6 Å². The molecule has 0 aliphatic rings. The molecule has 332 valence electrons. The zero-order valence-electron chi connectivity index (χ0n) is 37.4. The van der Waals surface area contributed by atoms with E-state index < -0.39 is 18.4 Å². The van der Waals surface area contributed by atoms with Gasteiger partial charge in [0, 0.05) is 20.3 Å². The molecule has 57 heavy (non-hydrogen) atoms. The minimum Gasteiger partial charge on any atom is -0.460 e. The van der Waals surface area contributed by atoms with Crippen LogP contribution in [0.2, 0.25) is 0 Å². The summed E-state index contributed by atoms with van der Waals surface area (Å²) < 4.78 is 16.5. The summed E-state index contributed by atoms with van der Waals surface area (Å²) >= 11 is 0. The number of allylic oxidation sites excluding steroid dienone is 1. The number of likely N-dealkylation sites (N-methyl/N-ethyl adjacent to an activating group) is 2. The van der Waals surface area contributed by atoms with Crippen molar-refractivity contribution in [2.24, 2.45) is 0 Å². The number of amides is 2. The number of hydrogen-bond donors (Lipinski definition) is 3. The Kier molecular flexibility index (Phi) is 31.1. The molecule has 3 atom stereocenters. The summed E-state index contributed by atoms with van der Waals surface area (Å²) in [5.41, 5.74) is 0. The van der Waals surface area contributed by atoms with Crippen LogP contribution >= 0.6 is 0 Å². The van der Waals surface area contributed by atoms with E-state index in [0.29, 0.717) is 47.7 Å². The van der Waals surface area contributed by atoms with Crippen molar-refractivity contribution in [2.75, 3.05) is 67.6 Å². The number of nitrogens with one attached hydrogen (secondary N) is 2. The molecular formula is C44H84N4O9+2. The van der Waals surface area contributed by atoms with Gasteiger partial charge in [-0.3, -0.25) is 19.2 Å². The summed E-state index contributed by atoms with van der Waals surface area (Å²) in [6.07, 6.45) is 21.1. The zero-order valence-corrected chi connectivity index (χ0v) is 37.4. The van der Waals surface area contributed by atoms with Gasteiger partial charge in [0.2, 0.25) is 5.91 Å². The van der Waals surface area contributed by atoms with Gasteiger partial charge in [0.1, 0.15) is 38.6 Å². The van der Waals surface area contributed by atoms with Crippen LogP contribution in [-0.2, 0) is 38.2 Å². The second-order valence-corrected chi connectivity index (χ2v) is 17.0. The first-order valence-corrected chi connectivity index (χ1v) is 22.0. The van der Waals surface area contributed by atoms with Crippen LogP contribution in [0.5, 0.6) is 0 Å². The van der Waals surface area contributed by atoms with Crippen molar-refractivity contribution in [3.05, 3.63) is 12.2 Å². The van der Waals surface area contributed by atoms with E-state index in [1.807, 2.05) is 34.3 Å². The summed E-state index contributed by atoms with van der Waals surface area (Å²) in [4.78, 5) is 60.9. The van der Waals surface area contributed by atoms with E-state index in [0.717, 1.165) is 77.0 Å². The number of esters is 3. The van der Waals surface area contributed by atoms with Gasteiger partial charge in [-0.05, 0) is 51.4 Å². The maximum atomic E-state index is 13.0. The molecule has 0 aromatic carbocycles. The molecule has 3 N–H and O–H groups in total. The average Bonchev–Trinajstić information content (AvgIpc) is 3.10. The van der Waals surface area contributed by atoms with Crippen molar-refractivity contribution in [1.29, 1.82) is 0 Å². The molecule has 0 aromatic rings. The molecule has 13 heteroatoms. The normalized spacial score (nSPS) is 13.5. The second kappa shape index (κ2) is 32.9. The third-order valence-electron chi connectivity index (χ3n) is 10.0. The van der Waals surface area contributed by atoms with Crippen LogP contribution in [0.1, 0.15) is 156 Å². The second-order valence-electron chi connectivity index (χ2n) is 17.0. The fourth-order valence-electron chi connectivity index (χ4n) is 6.48. The highest BCUT2D eigenvalue weighted by molar-refractivity contribution is 5.79. The summed E-state index contributed by atoms with van der Waals surface area (Å²) in [5, 5.41) is 17.0. The van der Waals surface area contributed by atoms with E-state index in [-0.39, 0.29) is 56.0 Å². The SMILES string of the molecule is CCCCCCCCCC(NC(=O)CCCCCCC/C=C\CC(O)C(CCCCC)OC(=O)C[N+](C)(C)CCOC(C)=O)NC(=O)C[N+](C)(C)CCOC(C)=O. The molecule has 2 amide bonds. The molecule has 3 unspecified atom stereocenters. The van der Waals surface area contributed by atoms with E-state index in [9.17, 15) is 29.1 Å². The fourth-order valence-corrected chi connectivity index (χ4v) is 6.48. The van der Waals surface area contributed by atoms with Crippen molar-refractivity contribution < 1.29 is 52.3 Å². The van der Waals surface area contributed by atoms with Gasteiger partial charge in [-0.2, -0.15) is 0 Å². The number of unbranched alkanes of at least 4 members (excludes halogenated alkanes) is 13. The van der Waals surface area contributed by atoms with Gasteiger partial charge in [0.25, 0.3) is 5.91 Å². The van der Waals surface area contributed by atoms with Crippen LogP contribution in [0.3, 0.4) is 0 Å². The lowest BCUT2D eigenvalue weighted by molar-refractivity contribution is -0.883. The first-order chi connectivity index (χ1) is 27.0. The van der Waals surface area contributed by atoms with Crippen LogP contribution < -0.4 is 10.6 Å². The van der Waals surface area contributed by atoms with E-state index >= 15 is 0 Å². The highest BCUT2D eigenvalue weighted by Gasteiger charge is 2.27. The molecule has 0 aliphatic heterocycles. The Morgan fingerprint density at radius 3 is 1.70 bits per heavy atom. The number of hydrogen-bond acceptors (Lipinski definition) is 9. The van der Waals surface area contributed by atoms with E-state index in [4.69, 9.17) is 14.2 Å². The quantitative estimate of drug-likeness (QED) is 0.0161. The molecule has 0 heterocycles. The number of carbonyl (C=O) groups excluding carboxylic acids is 5. The monoisotopic (exact) mass is 813 g/mol. The minimum atomic E-state index is -0.780. The zero-order chi connectivity index (χ0) is 43.0. The van der Waals surface area contributed by atoms with E-state index in [1.54, 1.807) is 0 Å². The van der Waals surface area contributed by atoms with Crippen LogP contribution in [0.25, 0.3) is 0 Å². The Balaban J connectivity index is 4.68. The summed E-state index contributed by atoms with van der Waals surface area (Å²) in [5.74, 6) is -1.25. The standard InChI is InChI=1S/C44H82N4O9/c1-9-11-13-14-17-21-25-29-41(46-43(53)35-47(5,6)31-33-55-37(3)49)45-42(52)30-26-22-19-16-15-18-20-24-27-39(51)40(28-23-12-10-2)57-44(54)36-48(7,8)32-34-56-38(4)50/h20,24,39-41,51H,9-19,21-23,25-36H2,1-8H3/p+2/b24-20-. The average molecular weight is 813 g/mol. The molecule has 0 aliphatic carbocycles. The molecule has 0 saturated heterocycles. The Hall–Kier alpha value is -3.03. The molecule has 0 fully saturated rings. The third-order valence-corrected chi connectivity index (χ3v) is 10.0. The first kappa shape index (κ1) is 54.0. The van der Waals surface area contributed by atoms with Crippen LogP contribution in [-0.4, -0.2) is 130 Å². The molecule has 0 aromatic heterocycles. The summed E-state index contributed by atoms with van der Waals surface area (Å²) in [6, 6.07) is 0. The Labute approximate surface area is 346 Å². The lowest BCUT2D eigenvalue weighted by Crippen LogP contribution is -2.54. The van der Waals surface area contributed by atoms with Crippen molar-refractivity contribution >= 4 is 29.7 Å². The van der Waals surface area contributed by atoms with Crippen molar-refractivity contribution in [3.8, 4) is 0 Å². The molecule has 0 bridgehead atoms. The molecule has 0 radical (unpaired) electrons. The van der Waals surface area contributed by atoms with Gasteiger partial charge in [0.15, 0.2) is 13.1 Å². The maximum absolute atomic E-state index is 13.0. The highest BCUT2D eigenvalue weighted by Crippen LogP contribution is 2.16. The molecule has 0 saturated carbocycles. The number of quaternary nitrogens is 2. The van der Waals surface area contributed by atoms with Gasteiger partial charge in [-0.15, -0.1) is 0 Å². The number of aliphatic hydroxyl groups is 1. The number of ether oxygens (including phenoxy) is 3. The fraction of sp³-hybridized carbons (Fsp3) is 0.841. The maximum Gasteiger partial charge on any atom is 0.362 e. The number of aliphatic hydroxyl groups excluding tert-OH is 1. The van der Waals surface area contributed by atoms with Gasteiger partial charge in [-0.1, -0.05) is 96.6 Å². The third kappa shape index (κ3) is 33.6. The van der Waals surface area contributed by atoms with Gasteiger partial charge in [-0.25, -0.2) is 4.79 Å². The Morgan fingerprint density at radius 1 is 0.614 bits per heavy atom. The highest BCUT2D eigenvalue weighted by atomic mass is 16.6. The first-order valence-electron chi connectivity index (χ1n) is 22.0. The van der Waals surface area contributed by atoms with Crippen molar-refractivity contribution in [1.82, 2.24) is 10.6 Å². The molecule has 0 spiro atoms. The summed E-state index contributed by atoms with van der Waals surface area (Å²) in [6.45, 7) is 8.86. The van der Waals surface area contributed by atoms with Crippen molar-refractivity contribution in [3.63, 3.8) is 0 Å². The van der Waals surface area contributed by atoms with Gasteiger partial charge >= 0.3 is 17.9 Å². The molecule has 0 rings (SSSR count). The Morgan fingerprint density at radius 2 is 1.11 bits per heavy atom. The van der Waals surface area contributed by atoms with E-state index in [1.165, 1.54) is 39.5 Å². The number of rotatable bonds is 36. The topological polar surface area (TPSA) is 157 Å². The number of carbonyl (C=O) groups is 5. The lowest BCUT2D eigenvalue weighted by atomic mass is 10.0. The van der Waals surface area contributed by atoms with Crippen LogP contribution in [0.15, 0.2) is 12.2 Å². The Bertz CT molecular complexity index is 1140. The predicted molar refractivity (Wildman–Crippen MR) is 226 cm³/mol. The lowest BCUT2D eigenvalue weighted by Gasteiger charge is -2.30. The summed E-state index contributed by atoms with van der Waals surface area (Å²) in [7, 11) is 7.60. The van der Waals surface area contributed by atoms with Gasteiger partial charge in [0.05, 0.1) is 34.3 Å². The number of nitrogens with zero attached hydrogens (tertiary/aromatic N) is 2. The smallest absolute Gasteiger partial charge is 0.362 e. The molecular weight excluding hydrogens is 729 g/mol. The van der Waals surface area contributed by atoms with Crippen LogP contribution in [0, 0.1) is 0 Å². The van der Waals surface area contributed by atoms with Crippen molar-refractivity contribution in [2.45, 2.75) is 174 Å². The molecule has 13 nitrogen and oxygen atoms in total. The predicted octanol–water partition coefficient (Wildman–Crippen LogP) is 6.49. The van der Waals surface area contributed by atoms with Crippen LogP contribution in [0.4, 0.5) is 0 Å². The largest absolute Gasteiger partial charge is 0.460 e. The van der Waals surface area contributed by atoms with Gasteiger partial charge < -0.3 is 38.9 Å².